The van der Waals surface area contributed by atoms with Crippen LogP contribution in [0.15, 0.2) is 77.2 Å². The summed E-state index contributed by atoms with van der Waals surface area (Å²) >= 11 is 1.41. The van der Waals surface area contributed by atoms with Gasteiger partial charge in [0.05, 0.1) is 16.6 Å². The minimum absolute atomic E-state index is 0.0752. The first-order valence-electron chi connectivity index (χ1n) is 9.96. The number of aromatic hydroxyl groups is 1. The maximum Gasteiger partial charge on any atom is 0.265 e. The summed E-state index contributed by atoms with van der Waals surface area (Å²) in [5.74, 6) is 0.585. The van der Waals surface area contributed by atoms with Gasteiger partial charge in [0.2, 0.25) is 0 Å². The molecule has 0 unspecified atom stereocenters. The van der Waals surface area contributed by atoms with Crippen molar-refractivity contribution in [2.75, 3.05) is 5.32 Å². The number of carbonyl (C=O) groups is 1. The van der Waals surface area contributed by atoms with Crippen molar-refractivity contribution in [3.05, 3.63) is 93.8 Å². The molecule has 0 bridgehead atoms. The van der Waals surface area contributed by atoms with Crippen LogP contribution < -0.4 is 5.32 Å². The topological polar surface area (TPSA) is 106 Å². The number of aliphatic imine (C=N–C) groups is 1. The van der Waals surface area contributed by atoms with Gasteiger partial charge in [-0.15, -0.1) is 11.3 Å². The second-order valence-electron chi connectivity index (χ2n) is 7.27. The fourth-order valence-corrected chi connectivity index (χ4v) is 4.10. The van der Waals surface area contributed by atoms with Crippen molar-refractivity contribution in [2.45, 2.75) is 6.42 Å². The molecule has 0 saturated heterocycles. The van der Waals surface area contributed by atoms with Gasteiger partial charge in [0.1, 0.15) is 5.82 Å². The number of anilines is 1. The average Bonchev–Trinajstić information content (AvgIpc) is 3.55. The van der Waals surface area contributed by atoms with Crippen LogP contribution in [-0.2, 0) is 6.42 Å². The van der Waals surface area contributed by atoms with Gasteiger partial charge in [-0.05, 0) is 53.3 Å². The van der Waals surface area contributed by atoms with Crippen molar-refractivity contribution < 1.29 is 9.90 Å². The van der Waals surface area contributed by atoms with Crippen molar-refractivity contribution in [2.24, 2.45) is 4.99 Å². The van der Waals surface area contributed by atoms with Gasteiger partial charge in [0.15, 0.2) is 5.88 Å². The zero-order chi connectivity index (χ0) is 21.9. The molecule has 1 amide bonds. The lowest BCUT2D eigenvalue weighted by Crippen LogP contribution is -2.09. The van der Waals surface area contributed by atoms with E-state index in [0.29, 0.717) is 16.3 Å². The second kappa shape index (κ2) is 8.52. The average molecular weight is 442 g/mol. The molecule has 3 aromatic heterocycles. The number of carbonyl (C=O) groups excluding carboxylic acids is 1. The number of H-pyrrole nitrogens is 2. The van der Waals surface area contributed by atoms with E-state index < -0.39 is 0 Å². The summed E-state index contributed by atoms with van der Waals surface area (Å²) < 4.78 is 0. The molecule has 0 aliphatic carbocycles. The number of hydrogen-bond acceptors (Lipinski definition) is 5. The quantitative estimate of drug-likeness (QED) is 0.270. The predicted molar refractivity (Wildman–Crippen MR) is 127 cm³/mol. The molecule has 8 heteroatoms. The van der Waals surface area contributed by atoms with Crippen LogP contribution in [0.4, 0.5) is 11.5 Å². The predicted octanol–water partition coefficient (Wildman–Crippen LogP) is 5.25. The van der Waals surface area contributed by atoms with E-state index in [1.807, 2.05) is 53.9 Å². The highest BCUT2D eigenvalue weighted by Gasteiger charge is 2.11. The number of thiophene rings is 1. The van der Waals surface area contributed by atoms with Crippen molar-refractivity contribution in [1.82, 2.24) is 15.2 Å². The molecule has 158 valence electrons. The zero-order valence-corrected chi connectivity index (χ0v) is 17.7. The minimum Gasteiger partial charge on any atom is -0.494 e. The molecule has 7 nitrogen and oxygen atoms in total. The third-order valence-electron chi connectivity index (χ3n) is 5.07. The van der Waals surface area contributed by atoms with Crippen LogP contribution in [0.1, 0.15) is 26.4 Å². The third-order valence-corrected chi connectivity index (χ3v) is 5.93. The maximum absolute atomic E-state index is 12.2. The van der Waals surface area contributed by atoms with Gasteiger partial charge in [0.25, 0.3) is 5.91 Å². The van der Waals surface area contributed by atoms with E-state index in [9.17, 15) is 9.90 Å². The molecule has 4 N–H and O–H groups in total. The van der Waals surface area contributed by atoms with Crippen molar-refractivity contribution in [3.8, 4) is 5.88 Å². The van der Waals surface area contributed by atoms with Crippen LogP contribution in [-0.4, -0.2) is 32.4 Å². The number of nitrogens with zero attached hydrogens (tertiary/aromatic N) is 2. The fraction of sp³-hybridized carbons (Fsp3) is 0.0417. The SMILES string of the molecule is O=C(Nc1ccc(Cc2ccc3[nH]c(O)c(/C=N/c4ccn[nH]4)c3c2)cc1)c1cccs1. The summed E-state index contributed by atoms with van der Waals surface area (Å²) in [6, 6.07) is 19.3. The molecule has 0 radical (unpaired) electrons. The molecule has 0 saturated carbocycles. The summed E-state index contributed by atoms with van der Waals surface area (Å²) in [4.78, 5) is 20.2. The lowest BCUT2D eigenvalue weighted by atomic mass is 10.0. The Bertz CT molecular complexity index is 1380. The van der Waals surface area contributed by atoms with E-state index in [-0.39, 0.29) is 11.8 Å². The summed E-state index contributed by atoms with van der Waals surface area (Å²) in [6.45, 7) is 0. The van der Waals surface area contributed by atoms with E-state index in [1.54, 1.807) is 24.5 Å². The first kappa shape index (κ1) is 19.8. The van der Waals surface area contributed by atoms with Gasteiger partial charge in [-0.1, -0.05) is 24.3 Å². The monoisotopic (exact) mass is 441 g/mol. The van der Waals surface area contributed by atoms with Gasteiger partial charge in [-0.25, -0.2) is 4.99 Å². The number of nitrogens with one attached hydrogen (secondary N) is 3. The minimum atomic E-state index is -0.102. The summed E-state index contributed by atoms with van der Waals surface area (Å²) in [5, 5.41) is 22.6. The molecule has 5 aromatic rings. The Kier molecular flexibility index (Phi) is 5.27. The molecule has 0 atom stereocenters. The Morgan fingerprint density at radius 1 is 1.12 bits per heavy atom. The van der Waals surface area contributed by atoms with Gasteiger partial charge < -0.3 is 15.4 Å². The van der Waals surface area contributed by atoms with E-state index in [0.717, 1.165) is 34.1 Å². The smallest absolute Gasteiger partial charge is 0.265 e. The van der Waals surface area contributed by atoms with Crippen LogP contribution in [0.25, 0.3) is 10.9 Å². The lowest BCUT2D eigenvalue weighted by molar-refractivity contribution is 0.103. The molecule has 0 aliphatic rings. The molecular weight excluding hydrogens is 422 g/mol. The summed E-state index contributed by atoms with van der Waals surface area (Å²) in [5.41, 5.74) is 4.44. The highest BCUT2D eigenvalue weighted by molar-refractivity contribution is 7.12. The van der Waals surface area contributed by atoms with E-state index >= 15 is 0 Å². The summed E-state index contributed by atoms with van der Waals surface area (Å²) in [6.07, 6.45) is 3.97. The highest BCUT2D eigenvalue weighted by Crippen LogP contribution is 2.28. The van der Waals surface area contributed by atoms with Crippen LogP contribution >= 0.6 is 11.3 Å². The van der Waals surface area contributed by atoms with Crippen LogP contribution in [0.3, 0.4) is 0 Å². The maximum atomic E-state index is 12.2. The van der Waals surface area contributed by atoms with E-state index in [2.05, 4.69) is 25.5 Å². The summed E-state index contributed by atoms with van der Waals surface area (Å²) in [7, 11) is 0. The van der Waals surface area contributed by atoms with E-state index in [4.69, 9.17) is 0 Å². The number of fused-ring (bicyclic) bond motifs is 1. The van der Waals surface area contributed by atoms with E-state index in [1.165, 1.54) is 11.3 Å². The first-order chi connectivity index (χ1) is 15.7. The molecule has 0 fully saturated rings. The van der Waals surface area contributed by atoms with Crippen LogP contribution in [0.5, 0.6) is 5.88 Å². The van der Waals surface area contributed by atoms with Gasteiger partial charge in [-0.2, -0.15) is 5.10 Å². The molecule has 5 rings (SSSR count). The van der Waals surface area contributed by atoms with Crippen LogP contribution in [0.2, 0.25) is 0 Å². The second-order valence-corrected chi connectivity index (χ2v) is 8.22. The molecule has 0 spiro atoms. The number of amides is 1. The van der Waals surface area contributed by atoms with Crippen molar-refractivity contribution in [1.29, 1.82) is 0 Å². The molecule has 32 heavy (non-hydrogen) atoms. The largest absolute Gasteiger partial charge is 0.494 e. The Labute approximate surface area is 187 Å². The number of hydrogen-bond donors (Lipinski definition) is 4. The lowest BCUT2D eigenvalue weighted by Gasteiger charge is -2.06. The Morgan fingerprint density at radius 2 is 1.97 bits per heavy atom. The first-order valence-corrected chi connectivity index (χ1v) is 10.8. The number of rotatable bonds is 6. The molecule has 0 aliphatic heterocycles. The van der Waals surface area contributed by atoms with Crippen LogP contribution in [0, 0.1) is 0 Å². The Balaban J connectivity index is 1.34. The molecular formula is C24H19N5O2S. The Hall–Kier alpha value is -4.17. The standard InChI is InChI=1S/C24H19N5O2S/c30-23-19(14-25-22-9-10-26-29-22)18-13-16(5-8-20(18)28-23)12-15-3-6-17(7-4-15)27-24(31)21-2-1-11-32-21/h1-11,13-14,28,30H,12H2,(H,26,29)(H,27,31)/b25-14+. The zero-order valence-electron chi connectivity index (χ0n) is 16.9. The third kappa shape index (κ3) is 4.17. The number of benzene rings is 2. The van der Waals surface area contributed by atoms with Gasteiger partial charge in [-0.3, -0.25) is 9.89 Å². The van der Waals surface area contributed by atoms with Gasteiger partial charge in [0, 0.05) is 28.9 Å². The Morgan fingerprint density at radius 3 is 2.72 bits per heavy atom. The highest BCUT2D eigenvalue weighted by atomic mass is 32.1. The fourth-order valence-electron chi connectivity index (χ4n) is 3.48. The van der Waals surface area contributed by atoms with Gasteiger partial charge >= 0.3 is 0 Å². The molecule has 3 heterocycles. The number of aromatic nitrogens is 3. The van der Waals surface area contributed by atoms with Crippen molar-refractivity contribution >= 4 is 45.9 Å². The number of aromatic amines is 2. The molecule has 2 aromatic carbocycles. The van der Waals surface area contributed by atoms with Crippen molar-refractivity contribution in [3.63, 3.8) is 0 Å². The normalized spacial score (nSPS) is 11.4.